The van der Waals surface area contributed by atoms with Gasteiger partial charge in [0.1, 0.15) is 11.6 Å². The van der Waals surface area contributed by atoms with Gasteiger partial charge in [0, 0.05) is 0 Å². The molecule has 2 nitrogen and oxygen atoms in total. The number of hydrogen-bond donors (Lipinski definition) is 0. The first-order chi connectivity index (χ1) is 9.02. The van der Waals surface area contributed by atoms with Crippen LogP contribution in [0.2, 0.25) is 0 Å². The molecule has 0 N–H and O–H groups in total. The standard InChI is InChI=1S/C16H17FO2/c1-4-12(5-2)19-16(8-9-16)15(18)13-7-6-11(3)10-14(13)17/h4-7,10H,1,8-9H2,2-3H3/b12-5+. The minimum Gasteiger partial charge on any atom is -0.479 e. The number of Topliss-reactive ketones (excluding diaryl/α,β-unsaturated/α-hetero) is 1. The highest BCUT2D eigenvalue weighted by Crippen LogP contribution is 2.44. The highest BCUT2D eigenvalue weighted by molar-refractivity contribution is 6.04. The number of carbonyl (C=O) groups excluding carboxylic acids is 1. The summed E-state index contributed by atoms with van der Waals surface area (Å²) in [4.78, 5) is 12.4. The van der Waals surface area contributed by atoms with Crippen molar-refractivity contribution in [2.45, 2.75) is 32.3 Å². The predicted octanol–water partition coefficient (Wildman–Crippen LogP) is 3.96. The van der Waals surface area contributed by atoms with Crippen LogP contribution < -0.4 is 0 Å². The van der Waals surface area contributed by atoms with Gasteiger partial charge in [-0.25, -0.2) is 4.39 Å². The molecule has 1 fully saturated rings. The Morgan fingerprint density at radius 1 is 1.47 bits per heavy atom. The molecule has 0 saturated heterocycles. The van der Waals surface area contributed by atoms with Crippen LogP contribution in [0.4, 0.5) is 4.39 Å². The van der Waals surface area contributed by atoms with Gasteiger partial charge < -0.3 is 4.74 Å². The molecule has 19 heavy (non-hydrogen) atoms. The third-order valence-electron chi connectivity index (χ3n) is 3.29. The van der Waals surface area contributed by atoms with Crippen molar-refractivity contribution in [2.75, 3.05) is 0 Å². The van der Waals surface area contributed by atoms with Gasteiger partial charge in [0.15, 0.2) is 5.60 Å². The van der Waals surface area contributed by atoms with Crippen molar-refractivity contribution < 1.29 is 13.9 Å². The fourth-order valence-corrected chi connectivity index (χ4v) is 1.98. The van der Waals surface area contributed by atoms with Crippen molar-refractivity contribution in [3.8, 4) is 0 Å². The van der Waals surface area contributed by atoms with Gasteiger partial charge in [0.05, 0.1) is 5.56 Å². The summed E-state index contributed by atoms with van der Waals surface area (Å²) >= 11 is 0. The van der Waals surface area contributed by atoms with Crippen molar-refractivity contribution in [1.82, 2.24) is 0 Å². The van der Waals surface area contributed by atoms with Crippen LogP contribution in [-0.2, 0) is 4.74 Å². The Morgan fingerprint density at radius 3 is 2.63 bits per heavy atom. The molecular formula is C16H17FO2. The fourth-order valence-electron chi connectivity index (χ4n) is 1.98. The predicted molar refractivity (Wildman–Crippen MR) is 72.5 cm³/mol. The van der Waals surface area contributed by atoms with E-state index in [-0.39, 0.29) is 11.3 Å². The lowest BCUT2D eigenvalue weighted by molar-refractivity contribution is 0.0583. The molecule has 1 saturated carbocycles. The normalized spacial score (nSPS) is 16.9. The van der Waals surface area contributed by atoms with Crippen molar-refractivity contribution in [3.63, 3.8) is 0 Å². The molecule has 0 aromatic heterocycles. The number of halogens is 1. The molecule has 0 unspecified atom stereocenters. The molecule has 2 rings (SSSR count). The van der Waals surface area contributed by atoms with Gasteiger partial charge in [-0.05, 0) is 56.5 Å². The van der Waals surface area contributed by atoms with E-state index in [2.05, 4.69) is 6.58 Å². The molecular weight excluding hydrogens is 243 g/mol. The number of ether oxygens (including phenoxy) is 1. The van der Waals surface area contributed by atoms with E-state index >= 15 is 0 Å². The average molecular weight is 260 g/mol. The topological polar surface area (TPSA) is 26.3 Å². The fraction of sp³-hybridized carbons (Fsp3) is 0.312. The Balaban J connectivity index is 2.26. The molecule has 1 aromatic carbocycles. The van der Waals surface area contributed by atoms with Gasteiger partial charge in [0.25, 0.3) is 0 Å². The lowest BCUT2D eigenvalue weighted by atomic mass is 10.0. The monoisotopic (exact) mass is 260 g/mol. The van der Waals surface area contributed by atoms with E-state index in [4.69, 9.17) is 4.74 Å². The zero-order chi connectivity index (χ0) is 14.0. The van der Waals surface area contributed by atoms with Crippen LogP contribution in [-0.4, -0.2) is 11.4 Å². The second-order valence-electron chi connectivity index (χ2n) is 4.80. The van der Waals surface area contributed by atoms with E-state index in [0.717, 1.165) is 5.56 Å². The van der Waals surface area contributed by atoms with Crippen molar-refractivity contribution in [1.29, 1.82) is 0 Å². The third kappa shape index (κ3) is 2.60. The van der Waals surface area contributed by atoms with Crippen LogP contribution >= 0.6 is 0 Å². The molecule has 1 aromatic rings. The second kappa shape index (κ2) is 5.00. The molecule has 1 aliphatic rings. The van der Waals surface area contributed by atoms with E-state index in [1.54, 1.807) is 25.1 Å². The first kappa shape index (κ1) is 13.5. The van der Waals surface area contributed by atoms with Gasteiger partial charge in [-0.1, -0.05) is 12.6 Å². The van der Waals surface area contributed by atoms with Gasteiger partial charge in [0.2, 0.25) is 5.78 Å². The third-order valence-corrected chi connectivity index (χ3v) is 3.29. The lowest BCUT2D eigenvalue weighted by Gasteiger charge is -2.18. The molecule has 100 valence electrons. The summed E-state index contributed by atoms with van der Waals surface area (Å²) in [6, 6.07) is 4.63. The molecule has 0 aliphatic heterocycles. The first-order valence-electron chi connectivity index (χ1n) is 6.31. The van der Waals surface area contributed by atoms with E-state index in [0.29, 0.717) is 18.6 Å². The quantitative estimate of drug-likeness (QED) is 0.455. The molecule has 0 atom stereocenters. The summed E-state index contributed by atoms with van der Waals surface area (Å²) in [5, 5.41) is 0. The molecule has 1 aliphatic carbocycles. The van der Waals surface area contributed by atoms with Crippen LogP contribution in [0.3, 0.4) is 0 Å². The smallest absolute Gasteiger partial charge is 0.209 e. The number of aryl methyl sites for hydroxylation is 1. The molecule has 0 bridgehead atoms. The molecule has 0 spiro atoms. The summed E-state index contributed by atoms with van der Waals surface area (Å²) in [6.45, 7) is 7.22. The van der Waals surface area contributed by atoms with Crippen LogP contribution in [0.5, 0.6) is 0 Å². The Morgan fingerprint density at radius 2 is 2.16 bits per heavy atom. The Hall–Kier alpha value is -1.90. The number of carbonyl (C=O) groups is 1. The molecule has 0 heterocycles. The van der Waals surface area contributed by atoms with Crippen LogP contribution in [0.25, 0.3) is 0 Å². The number of hydrogen-bond acceptors (Lipinski definition) is 2. The van der Waals surface area contributed by atoms with Gasteiger partial charge >= 0.3 is 0 Å². The summed E-state index contributed by atoms with van der Waals surface area (Å²) in [5.41, 5.74) is -0.00534. The van der Waals surface area contributed by atoms with Crippen molar-refractivity contribution in [2.24, 2.45) is 0 Å². The highest BCUT2D eigenvalue weighted by atomic mass is 19.1. The van der Waals surface area contributed by atoms with Gasteiger partial charge in [-0.2, -0.15) is 0 Å². The van der Waals surface area contributed by atoms with E-state index in [1.165, 1.54) is 12.1 Å². The van der Waals surface area contributed by atoms with E-state index < -0.39 is 11.4 Å². The van der Waals surface area contributed by atoms with Crippen LogP contribution in [0.15, 0.2) is 42.7 Å². The van der Waals surface area contributed by atoms with E-state index in [1.807, 2.05) is 6.92 Å². The highest BCUT2D eigenvalue weighted by Gasteiger charge is 2.53. The van der Waals surface area contributed by atoms with Gasteiger partial charge in [-0.15, -0.1) is 0 Å². The largest absolute Gasteiger partial charge is 0.479 e. The zero-order valence-corrected chi connectivity index (χ0v) is 11.2. The SMILES string of the molecule is C=C/C(=C\C)OC1(C(=O)c2ccc(C)cc2F)CC1. The maximum absolute atomic E-state index is 13.8. The molecule has 0 amide bonds. The Labute approximate surface area is 112 Å². The lowest BCUT2D eigenvalue weighted by Crippen LogP contribution is -2.27. The minimum absolute atomic E-state index is 0.0996. The van der Waals surface area contributed by atoms with E-state index in [9.17, 15) is 9.18 Å². The molecule has 3 heteroatoms. The summed E-state index contributed by atoms with van der Waals surface area (Å²) < 4.78 is 19.5. The summed E-state index contributed by atoms with van der Waals surface area (Å²) in [6.07, 6.45) is 4.53. The van der Waals surface area contributed by atoms with Crippen molar-refractivity contribution in [3.05, 3.63) is 59.6 Å². The maximum atomic E-state index is 13.8. The van der Waals surface area contributed by atoms with Crippen LogP contribution in [0.1, 0.15) is 35.7 Å². The number of benzene rings is 1. The van der Waals surface area contributed by atoms with Gasteiger partial charge in [-0.3, -0.25) is 4.79 Å². The number of rotatable bonds is 5. The maximum Gasteiger partial charge on any atom is 0.209 e. The Kier molecular flexibility index (Phi) is 3.56. The summed E-state index contributed by atoms with van der Waals surface area (Å²) in [5.74, 6) is -0.218. The van der Waals surface area contributed by atoms with Crippen LogP contribution in [0, 0.1) is 12.7 Å². The summed E-state index contributed by atoms with van der Waals surface area (Å²) in [7, 11) is 0. The first-order valence-corrected chi connectivity index (χ1v) is 6.31. The number of allylic oxidation sites excluding steroid dienone is 2. The second-order valence-corrected chi connectivity index (χ2v) is 4.80. The van der Waals surface area contributed by atoms with Crippen molar-refractivity contribution >= 4 is 5.78 Å². The average Bonchev–Trinajstić information content (AvgIpc) is 3.16. The minimum atomic E-state index is -0.897. The number of ketones is 1. The zero-order valence-electron chi connectivity index (χ0n) is 11.2. The Bertz CT molecular complexity index is 554. The molecule has 0 radical (unpaired) electrons.